The number of pyridine rings is 1. The zero-order valence-electron chi connectivity index (χ0n) is 19.7. The van der Waals surface area contributed by atoms with Crippen LogP contribution in [0.25, 0.3) is 28.0 Å². The number of rotatable bonds is 8. The maximum Gasteiger partial charge on any atom is 0.328 e. The van der Waals surface area contributed by atoms with Crippen molar-refractivity contribution in [2.75, 3.05) is 27.2 Å². The molecule has 2 heterocycles. The quantitative estimate of drug-likeness (QED) is 0.336. The molecule has 2 N–H and O–H groups in total. The fourth-order valence-electron chi connectivity index (χ4n) is 3.15. The minimum absolute atomic E-state index is 0.558. The van der Waals surface area contributed by atoms with Crippen molar-refractivity contribution in [3.63, 3.8) is 0 Å². The van der Waals surface area contributed by atoms with Crippen LogP contribution in [0.1, 0.15) is 0 Å². The van der Waals surface area contributed by atoms with Crippen LogP contribution in [0.3, 0.4) is 0 Å². The van der Waals surface area contributed by atoms with Crippen LogP contribution in [0.2, 0.25) is 5.02 Å². The largest absolute Gasteiger partial charge is 0.492 e. The summed E-state index contributed by atoms with van der Waals surface area (Å²) in [5, 5.41) is 22.2. The number of nitrogens with zero attached hydrogens (tertiary/aromatic N) is 4. The Morgan fingerprint density at radius 2 is 1.72 bits per heavy atom. The number of likely N-dealkylation sites (N-methyl/N-ethyl adjacent to an activating group) is 1. The Morgan fingerprint density at radius 1 is 1.03 bits per heavy atom. The summed E-state index contributed by atoms with van der Waals surface area (Å²) in [6.45, 7) is 1.49. The highest BCUT2D eigenvalue weighted by atomic mass is 35.5. The highest BCUT2D eigenvalue weighted by molar-refractivity contribution is 6.30. The third kappa shape index (κ3) is 7.39. The number of ether oxygens (including phenoxy) is 1. The predicted molar refractivity (Wildman–Crippen MR) is 138 cm³/mol. The second-order valence-electron chi connectivity index (χ2n) is 7.80. The molecule has 0 unspecified atom stereocenters. The van der Waals surface area contributed by atoms with Crippen molar-refractivity contribution < 1.29 is 24.5 Å². The van der Waals surface area contributed by atoms with E-state index in [9.17, 15) is 9.59 Å². The first-order chi connectivity index (χ1) is 17.2. The summed E-state index contributed by atoms with van der Waals surface area (Å²) >= 11 is 6.04. The van der Waals surface area contributed by atoms with Gasteiger partial charge < -0.3 is 19.8 Å². The SMILES string of the molecule is CN(C)CCOc1cccc(-n2nc(-c3ccc(Cl)cc3)c3cccnc32)c1.O=C(O)C=CC(=O)O. The smallest absolute Gasteiger partial charge is 0.328 e. The standard InChI is InChI=1S/C22H21ClN4O.C4H4O4/c1-26(2)13-14-28-19-6-3-5-18(15-19)27-22-20(7-4-12-24-22)21(25-27)16-8-10-17(23)11-9-16;5-3(6)1-2-4(7)8/h3-12,15H,13-14H2,1-2H3;1-2H,(H,5,6)(H,7,8). The van der Waals surface area contributed by atoms with E-state index in [4.69, 9.17) is 31.6 Å². The highest BCUT2D eigenvalue weighted by Crippen LogP contribution is 2.30. The monoisotopic (exact) mass is 508 g/mol. The number of carboxylic acid groups (broad SMARTS) is 2. The van der Waals surface area contributed by atoms with Crippen molar-refractivity contribution in [2.45, 2.75) is 0 Å². The number of hydrogen-bond acceptors (Lipinski definition) is 6. The van der Waals surface area contributed by atoms with Gasteiger partial charge in [0, 0.05) is 46.9 Å². The number of carbonyl (C=O) groups is 2. The first-order valence-corrected chi connectivity index (χ1v) is 11.2. The molecule has 0 aliphatic carbocycles. The van der Waals surface area contributed by atoms with Crippen LogP contribution in [-0.4, -0.2) is 69.1 Å². The molecule has 9 nitrogen and oxygen atoms in total. The zero-order chi connectivity index (χ0) is 26.1. The maximum atomic E-state index is 9.55. The molecule has 0 saturated heterocycles. The van der Waals surface area contributed by atoms with Crippen molar-refractivity contribution in [1.82, 2.24) is 19.7 Å². The van der Waals surface area contributed by atoms with Crippen LogP contribution < -0.4 is 4.74 Å². The van der Waals surface area contributed by atoms with E-state index in [-0.39, 0.29) is 0 Å². The summed E-state index contributed by atoms with van der Waals surface area (Å²) in [5.41, 5.74) is 3.59. The molecule has 0 atom stereocenters. The van der Waals surface area contributed by atoms with E-state index in [1.54, 1.807) is 6.20 Å². The number of fused-ring (bicyclic) bond motifs is 1. The number of aliphatic carboxylic acids is 2. The van der Waals surface area contributed by atoms with E-state index in [2.05, 4.69) is 9.88 Å². The van der Waals surface area contributed by atoms with Crippen molar-refractivity contribution in [2.24, 2.45) is 0 Å². The lowest BCUT2D eigenvalue weighted by Gasteiger charge is -2.12. The molecule has 4 aromatic rings. The van der Waals surface area contributed by atoms with Crippen LogP contribution in [0, 0.1) is 0 Å². The zero-order valence-corrected chi connectivity index (χ0v) is 20.5. The lowest BCUT2D eigenvalue weighted by atomic mass is 10.1. The van der Waals surface area contributed by atoms with Gasteiger partial charge >= 0.3 is 11.9 Å². The Bertz CT molecular complexity index is 1350. The topological polar surface area (TPSA) is 118 Å². The van der Waals surface area contributed by atoms with Crippen molar-refractivity contribution in [3.8, 4) is 22.7 Å². The van der Waals surface area contributed by atoms with Gasteiger partial charge in [0.1, 0.15) is 18.1 Å². The molecule has 0 aliphatic rings. The Balaban J connectivity index is 0.000000392. The van der Waals surface area contributed by atoms with Gasteiger partial charge in [-0.3, -0.25) is 0 Å². The van der Waals surface area contributed by atoms with E-state index < -0.39 is 11.9 Å². The van der Waals surface area contributed by atoms with Gasteiger partial charge in [0.05, 0.1) is 5.69 Å². The van der Waals surface area contributed by atoms with Crippen molar-refractivity contribution in [3.05, 3.63) is 84.0 Å². The van der Waals surface area contributed by atoms with Gasteiger partial charge in [-0.15, -0.1) is 0 Å². The average molecular weight is 509 g/mol. The summed E-state index contributed by atoms with van der Waals surface area (Å²) in [4.78, 5) is 25.8. The van der Waals surface area contributed by atoms with Crippen LogP contribution in [0.5, 0.6) is 5.75 Å². The number of benzene rings is 2. The number of aromatic nitrogens is 3. The van der Waals surface area contributed by atoms with Crippen LogP contribution in [0.15, 0.2) is 79.0 Å². The van der Waals surface area contributed by atoms with Crippen molar-refractivity contribution in [1.29, 1.82) is 0 Å². The van der Waals surface area contributed by atoms with E-state index >= 15 is 0 Å². The molecule has 0 amide bonds. The molecule has 0 bridgehead atoms. The Kier molecular flexibility index (Phi) is 9.15. The van der Waals surface area contributed by atoms with Gasteiger partial charge in [-0.2, -0.15) is 5.10 Å². The molecule has 186 valence electrons. The van der Waals surface area contributed by atoms with E-state index in [0.29, 0.717) is 23.8 Å². The van der Waals surface area contributed by atoms with Gasteiger partial charge in [0.2, 0.25) is 0 Å². The third-order valence-corrected chi connectivity index (χ3v) is 5.05. The lowest BCUT2D eigenvalue weighted by Crippen LogP contribution is -2.19. The number of halogens is 1. The number of hydrogen-bond donors (Lipinski definition) is 2. The Morgan fingerprint density at radius 3 is 2.36 bits per heavy atom. The molecule has 10 heteroatoms. The average Bonchev–Trinajstić information content (AvgIpc) is 3.23. The molecule has 2 aromatic carbocycles. The third-order valence-electron chi connectivity index (χ3n) is 4.80. The second-order valence-corrected chi connectivity index (χ2v) is 8.24. The lowest BCUT2D eigenvalue weighted by molar-refractivity contribution is -0.134. The molecular weight excluding hydrogens is 484 g/mol. The van der Waals surface area contributed by atoms with Crippen LogP contribution in [0.4, 0.5) is 0 Å². The minimum atomic E-state index is -1.26. The van der Waals surface area contributed by atoms with Gasteiger partial charge in [-0.25, -0.2) is 19.3 Å². The second kappa shape index (κ2) is 12.5. The summed E-state index contributed by atoms with van der Waals surface area (Å²) in [6.07, 6.45) is 2.90. The molecule has 0 saturated carbocycles. The van der Waals surface area contributed by atoms with Gasteiger partial charge in [0.15, 0.2) is 5.65 Å². The molecule has 4 rings (SSSR count). The van der Waals surface area contributed by atoms with E-state index in [1.165, 1.54) is 0 Å². The minimum Gasteiger partial charge on any atom is -0.492 e. The van der Waals surface area contributed by atoms with Gasteiger partial charge in [-0.05, 0) is 50.5 Å². The molecule has 0 aliphatic heterocycles. The Labute approximate surface area is 212 Å². The van der Waals surface area contributed by atoms with Gasteiger partial charge in [-0.1, -0.05) is 29.8 Å². The summed E-state index contributed by atoms with van der Waals surface area (Å²) in [6, 6.07) is 19.6. The number of carboxylic acids is 2. The van der Waals surface area contributed by atoms with Crippen molar-refractivity contribution >= 4 is 34.6 Å². The fourth-order valence-corrected chi connectivity index (χ4v) is 3.27. The molecule has 2 aromatic heterocycles. The fraction of sp³-hybridized carbons (Fsp3) is 0.154. The maximum absolute atomic E-state index is 9.55. The van der Waals surface area contributed by atoms with E-state index in [0.717, 1.165) is 40.3 Å². The molecule has 0 spiro atoms. The first-order valence-electron chi connectivity index (χ1n) is 10.9. The Hall–Kier alpha value is -4.21. The highest BCUT2D eigenvalue weighted by Gasteiger charge is 2.14. The van der Waals surface area contributed by atoms with E-state index in [1.807, 2.05) is 79.4 Å². The molecule has 36 heavy (non-hydrogen) atoms. The van der Waals surface area contributed by atoms with Gasteiger partial charge in [0.25, 0.3) is 0 Å². The van der Waals surface area contributed by atoms with Crippen LogP contribution in [-0.2, 0) is 9.59 Å². The first kappa shape index (κ1) is 26.4. The summed E-state index contributed by atoms with van der Waals surface area (Å²) < 4.78 is 7.74. The van der Waals surface area contributed by atoms with Crippen LogP contribution >= 0.6 is 11.6 Å². The predicted octanol–water partition coefficient (Wildman–Crippen LogP) is 4.39. The molecule has 0 radical (unpaired) electrons. The summed E-state index contributed by atoms with van der Waals surface area (Å²) in [5.74, 6) is -1.70. The summed E-state index contributed by atoms with van der Waals surface area (Å²) in [7, 11) is 4.05. The molecular formula is C26H25ClN4O5. The molecule has 0 fully saturated rings. The normalized spacial score (nSPS) is 10.9.